The van der Waals surface area contributed by atoms with Crippen LogP contribution in [0.2, 0.25) is 0 Å². The summed E-state index contributed by atoms with van der Waals surface area (Å²) in [6.07, 6.45) is 2.44. The summed E-state index contributed by atoms with van der Waals surface area (Å²) in [5.41, 5.74) is 1.07. The van der Waals surface area contributed by atoms with E-state index >= 15 is 0 Å². The molecule has 2 aromatic rings. The van der Waals surface area contributed by atoms with Gasteiger partial charge in [-0.05, 0) is 44.0 Å². The second-order valence-corrected chi connectivity index (χ2v) is 6.12. The average molecular weight is 330 g/mol. The van der Waals surface area contributed by atoms with Crippen molar-refractivity contribution >= 4 is 5.91 Å². The number of rotatable bonds is 5. The van der Waals surface area contributed by atoms with E-state index in [0.29, 0.717) is 18.2 Å². The van der Waals surface area contributed by atoms with E-state index in [-0.39, 0.29) is 23.6 Å². The quantitative estimate of drug-likeness (QED) is 0.880. The van der Waals surface area contributed by atoms with Crippen LogP contribution in [0.1, 0.15) is 35.5 Å². The molecule has 1 saturated carbocycles. The number of aliphatic hydroxyl groups excluding tert-OH is 1. The third-order valence-electron chi connectivity index (χ3n) is 4.49. The number of methoxy groups -OCH3 is 1. The van der Waals surface area contributed by atoms with Gasteiger partial charge in [-0.25, -0.2) is 4.98 Å². The molecule has 1 aliphatic carbocycles. The number of amides is 1. The molecule has 24 heavy (non-hydrogen) atoms. The predicted molar refractivity (Wildman–Crippen MR) is 88.9 cm³/mol. The second-order valence-electron chi connectivity index (χ2n) is 6.12. The molecule has 0 radical (unpaired) electrons. The standard InChI is InChI=1S/C18H22N2O4/c1-11-16(17(22)19-10-13-4-3-5-15(13)21)20-18(24-11)12-6-8-14(23-2)9-7-12/h6-9,13,15,21H,3-5,10H2,1-2H3,(H,19,22). The number of carbonyl (C=O) groups excluding carboxylic acids is 1. The smallest absolute Gasteiger partial charge is 0.273 e. The van der Waals surface area contributed by atoms with Crippen LogP contribution < -0.4 is 10.1 Å². The van der Waals surface area contributed by atoms with E-state index < -0.39 is 0 Å². The van der Waals surface area contributed by atoms with Crippen molar-refractivity contribution < 1.29 is 19.1 Å². The van der Waals surface area contributed by atoms with Gasteiger partial charge in [-0.15, -0.1) is 0 Å². The molecule has 6 heteroatoms. The molecular formula is C18H22N2O4. The number of benzene rings is 1. The number of carbonyl (C=O) groups is 1. The largest absolute Gasteiger partial charge is 0.497 e. The van der Waals surface area contributed by atoms with Crippen LogP contribution in [0.25, 0.3) is 11.5 Å². The number of aliphatic hydroxyl groups is 1. The maximum absolute atomic E-state index is 12.3. The van der Waals surface area contributed by atoms with Crippen LogP contribution in [0.3, 0.4) is 0 Å². The number of aryl methyl sites for hydroxylation is 1. The Morgan fingerprint density at radius 2 is 2.12 bits per heavy atom. The molecule has 6 nitrogen and oxygen atoms in total. The molecule has 0 bridgehead atoms. The summed E-state index contributed by atoms with van der Waals surface area (Å²) < 4.78 is 10.8. The Morgan fingerprint density at radius 3 is 2.75 bits per heavy atom. The predicted octanol–water partition coefficient (Wildman–Crippen LogP) is 2.55. The van der Waals surface area contributed by atoms with Gasteiger partial charge in [-0.3, -0.25) is 4.79 Å². The van der Waals surface area contributed by atoms with E-state index in [1.54, 1.807) is 14.0 Å². The molecule has 1 aliphatic rings. The van der Waals surface area contributed by atoms with Crippen molar-refractivity contribution in [2.24, 2.45) is 5.92 Å². The Labute approximate surface area is 140 Å². The Hall–Kier alpha value is -2.34. The van der Waals surface area contributed by atoms with Gasteiger partial charge in [0, 0.05) is 18.0 Å². The third-order valence-corrected chi connectivity index (χ3v) is 4.49. The highest BCUT2D eigenvalue weighted by molar-refractivity contribution is 5.93. The maximum Gasteiger partial charge on any atom is 0.273 e. The highest BCUT2D eigenvalue weighted by atomic mass is 16.5. The molecular weight excluding hydrogens is 308 g/mol. The summed E-state index contributed by atoms with van der Waals surface area (Å²) >= 11 is 0. The molecule has 1 aromatic carbocycles. The summed E-state index contributed by atoms with van der Waals surface area (Å²) in [5.74, 6) is 1.49. The lowest BCUT2D eigenvalue weighted by Crippen LogP contribution is -2.32. The van der Waals surface area contributed by atoms with Gasteiger partial charge in [0.1, 0.15) is 11.5 Å². The first-order chi connectivity index (χ1) is 11.6. The Balaban J connectivity index is 1.69. The molecule has 1 aromatic heterocycles. The fourth-order valence-corrected chi connectivity index (χ4v) is 3.03. The van der Waals surface area contributed by atoms with Gasteiger partial charge in [0.25, 0.3) is 5.91 Å². The van der Waals surface area contributed by atoms with Crippen molar-refractivity contribution in [3.8, 4) is 17.2 Å². The number of hydrogen-bond donors (Lipinski definition) is 2. The third kappa shape index (κ3) is 3.43. The molecule has 0 saturated heterocycles. The van der Waals surface area contributed by atoms with E-state index in [2.05, 4.69) is 10.3 Å². The zero-order chi connectivity index (χ0) is 17.1. The number of nitrogens with one attached hydrogen (secondary N) is 1. The number of aromatic nitrogens is 1. The lowest BCUT2D eigenvalue weighted by molar-refractivity contribution is 0.0911. The van der Waals surface area contributed by atoms with Gasteiger partial charge >= 0.3 is 0 Å². The molecule has 2 unspecified atom stereocenters. The first-order valence-electron chi connectivity index (χ1n) is 8.16. The number of ether oxygens (including phenoxy) is 1. The first kappa shape index (κ1) is 16.5. The summed E-state index contributed by atoms with van der Waals surface area (Å²) in [7, 11) is 1.61. The molecule has 2 N–H and O–H groups in total. The zero-order valence-electron chi connectivity index (χ0n) is 13.9. The van der Waals surface area contributed by atoms with E-state index in [1.165, 1.54) is 0 Å². The lowest BCUT2D eigenvalue weighted by Gasteiger charge is -2.14. The molecule has 2 atom stereocenters. The summed E-state index contributed by atoms with van der Waals surface area (Å²) in [6, 6.07) is 7.30. The SMILES string of the molecule is COc1ccc(-c2nc(C(=O)NCC3CCCC3O)c(C)o2)cc1. The Kier molecular flexibility index (Phi) is 4.85. The van der Waals surface area contributed by atoms with Crippen molar-refractivity contribution in [3.63, 3.8) is 0 Å². The maximum atomic E-state index is 12.3. The molecule has 0 spiro atoms. The zero-order valence-corrected chi connectivity index (χ0v) is 13.9. The van der Waals surface area contributed by atoms with Gasteiger partial charge in [-0.1, -0.05) is 6.42 Å². The average Bonchev–Trinajstić information content (AvgIpc) is 3.18. The minimum absolute atomic E-state index is 0.127. The van der Waals surface area contributed by atoms with E-state index in [4.69, 9.17) is 9.15 Å². The minimum atomic E-state index is -0.321. The van der Waals surface area contributed by atoms with Crippen LogP contribution in [0.5, 0.6) is 5.75 Å². The first-order valence-corrected chi connectivity index (χ1v) is 8.16. The summed E-state index contributed by atoms with van der Waals surface area (Å²) in [6.45, 7) is 2.18. The van der Waals surface area contributed by atoms with Crippen LogP contribution in [-0.2, 0) is 0 Å². The summed E-state index contributed by atoms with van der Waals surface area (Å²) in [5, 5.41) is 12.7. The Bertz CT molecular complexity index is 708. The molecule has 1 heterocycles. The fourth-order valence-electron chi connectivity index (χ4n) is 3.03. The summed E-state index contributed by atoms with van der Waals surface area (Å²) in [4.78, 5) is 16.7. The van der Waals surface area contributed by atoms with Crippen LogP contribution >= 0.6 is 0 Å². The number of hydrogen-bond acceptors (Lipinski definition) is 5. The number of oxazole rings is 1. The van der Waals surface area contributed by atoms with E-state index in [9.17, 15) is 9.90 Å². The molecule has 128 valence electrons. The van der Waals surface area contributed by atoms with Crippen molar-refractivity contribution in [3.05, 3.63) is 35.7 Å². The minimum Gasteiger partial charge on any atom is -0.497 e. The van der Waals surface area contributed by atoms with Gasteiger partial charge in [-0.2, -0.15) is 0 Å². The number of nitrogens with zero attached hydrogens (tertiary/aromatic N) is 1. The second kappa shape index (κ2) is 7.05. The Morgan fingerprint density at radius 1 is 1.38 bits per heavy atom. The van der Waals surface area contributed by atoms with Gasteiger partial charge in [0.15, 0.2) is 5.69 Å². The topological polar surface area (TPSA) is 84.6 Å². The van der Waals surface area contributed by atoms with E-state index in [0.717, 1.165) is 30.6 Å². The van der Waals surface area contributed by atoms with Gasteiger partial charge < -0.3 is 19.6 Å². The highest BCUT2D eigenvalue weighted by Crippen LogP contribution is 2.26. The van der Waals surface area contributed by atoms with Gasteiger partial charge in [0.05, 0.1) is 13.2 Å². The van der Waals surface area contributed by atoms with Crippen molar-refractivity contribution in [1.82, 2.24) is 10.3 Å². The van der Waals surface area contributed by atoms with Crippen molar-refractivity contribution in [1.29, 1.82) is 0 Å². The molecule has 1 fully saturated rings. The van der Waals surface area contributed by atoms with Gasteiger partial charge in [0.2, 0.25) is 5.89 Å². The van der Waals surface area contributed by atoms with Crippen LogP contribution in [0.4, 0.5) is 0 Å². The fraction of sp³-hybridized carbons (Fsp3) is 0.444. The normalized spacial score (nSPS) is 20.1. The van der Waals surface area contributed by atoms with Crippen LogP contribution in [-0.4, -0.2) is 35.8 Å². The van der Waals surface area contributed by atoms with Crippen molar-refractivity contribution in [2.75, 3.05) is 13.7 Å². The van der Waals surface area contributed by atoms with E-state index in [1.807, 2.05) is 24.3 Å². The molecule has 0 aliphatic heterocycles. The highest BCUT2D eigenvalue weighted by Gasteiger charge is 2.26. The van der Waals surface area contributed by atoms with Crippen LogP contribution in [0, 0.1) is 12.8 Å². The van der Waals surface area contributed by atoms with Crippen molar-refractivity contribution in [2.45, 2.75) is 32.3 Å². The lowest BCUT2D eigenvalue weighted by atomic mass is 10.1. The monoisotopic (exact) mass is 330 g/mol. The van der Waals surface area contributed by atoms with Crippen LogP contribution in [0.15, 0.2) is 28.7 Å². The molecule has 1 amide bonds. The molecule has 3 rings (SSSR count).